The first-order valence-corrected chi connectivity index (χ1v) is 17.2. The van der Waals surface area contributed by atoms with Crippen LogP contribution in [0.4, 0.5) is 11.4 Å². The van der Waals surface area contributed by atoms with Crippen molar-refractivity contribution in [3.8, 4) is 5.75 Å². The van der Waals surface area contributed by atoms with Gasteiger partial charge in [0.05, 0.1) is 12.3 Å². The Hall–Kier alpha value is -3.88. The molecule has 9 heteroatoms. The minimum absolute atomic E-state index is 0.0439. The van der Waals surface area contributed by atoms with Crippen LogP contribution in [0.15, 0.2) is 48.5 Å². The standard InChI is InChI=1S/C37H54N2O7/c1-2-3-4-5-6-7-8-9-10-11-12-13-17-22-34(40)39-32-28-30(24-25-33(32)46-26-19-18-23-35(41)42)38-36(43)31(37(44)45)27-29-20-15-14-16-21-29/h14-16,20-21,24-25,28,31H,2-13,17-19,22-23,26-27H2,1H3,(H,38,43)(H,39,40)(H,41,42)(H,44,45). The van der Waals surface area contributed by atoms with Gasteiger partial charge in [-0.15, -0.1) is 0 Å². The zero-order chi connectivity index (χ0) is 33.4. The quantitative estimate of drug-likeness (QED) is 0.0597. The van der Waals surface area contributed by atoms with Crippen molar-refractivity contribution in [2.45, 2.75) is 122 Å². The van der Waals surface area contributed by atoms with Gasteiger partial charge in [0.2, 0.25) is 11.8 Å². The zero-order valence-corrected chi connectivity index (χ0v) is 27.6. The van der Waals surface area contributed by atoms with Crippen LogP contribution < -0.4 is 15.4 Å². The number of hydrogen-bond acceptors (Lipinski definition) is 5. The summed E-state index contributed by atoms with van der Waals surface area (Å²) in [5, 5.41) is 24.2. The lowest BCUT2D eigenvalue weighted by Gasteiger charge is -2.16. The van der Waals surface area contributed by atoms with E-state index in [-0.39, 0.29) is 25.4 Å². The number of carbonyl (C=O) groups is 4. The first-order valence-electron chi connectivity index (χ1n) is 17.2. The lowest BCUT2D eigenvalue weighted by Crippen LogP contribution is -2.31. The molecule has 9 nitrogen and oxygen atoms in total. The lowest BCUT2D eigenvalue weighted by molar-refractivity contribution is -0.145. The summed E-state index contributed by atoms with van der Waals surface area (Å²) in [6.45, 7) is 2.50. The van der Waals surface area contributed by atoms with Gasteiger partial charge < -0.3 is 25.6 Å². The summed E-state index contributed by atoms with van der Waals surface area (Å²) in [5.74, 6) is -3.83. The Morgan fingerprint density at radius 2 is 1.28 bits per heavy atom. The van der Waals surface area contributed by atoms with Crippen LogP contribution in [0.25, 0.3) is 0 Å². The molecule has 0 fully saturated rings. The third kappa shape index (κ3) is 17.0. The van der Waals surface area contributed by atoms with E-state index in [0.717, 1.165) is 24.8 Å². The molecule has 2 rings (SSSR count). The molecule has 0 saturated heterocycles. The van der Waals surface area contributed by atoms with E-state index in [2.05, 4.69) is 17.6 Å². The highest BCUT2D eigenvalue weighted by molar-refractivity contribution is 6.05. The minimum atomic E-state index is -1.29. The van der Waals surface area contributed by atoms with Crippen molar-refractivity contribution in [3.05, 3.63) is 54.1 Å². The van der Waals surface area contributed by atoms with Crippen molar-refractivity contribution in [2.75, 3.05) is 17.2 Å². The molecule has 0 aromatic heterocycles. The molecule has 254 valence electrons. The van der Waals surface area contributed by atoms with Crippen LogP contribution in [-0.4, -0.2) is 40.6 Å². The van der Waals surface area contributed by atoms with Crippen LogP contribution in [0, 0.1) is 5.92 Å². The molecule has 2 aromatic carbocycles. The van der Waals surface area contributed by atoms with Crippen LogP contribution in [0.1, 0.15) is 122 Å². The molecule has 0 saturated carbocycles. The van der Waals surface area contributed by atoms with E-state index in [1.165, 1.54) is 64.2 Å². The summed E-state index contributed by atoms with van der Waals surface area (Å²) < 4.78 is 5.85. The molecule has 0 radical (unpaired) electrons. The molecule has 0 spiro atoms. The van der Waals surface area contributed by atoms with Crippen LogP contribution in [0.3, 0.4) is 0 Å². The van der Waals surface area contributed by atoms with E-state index >= 15 is 0 Å². The predicted molar refractivity (Wildman–Crippen MR) is 182 cm³/mol. The van der Waals surface area contributed by atoms with Gasteiger partial charge in [-0.05, 0) is 49.4 Å². The molecule has 2 aromatic rings. The minimum Gasteiger partial charge on any atom is -0.491 e. The Labute approximate surface area is 274 Å². The first kappa shape index (κ1) is 38.3. The van der Waals surface area contributed by atoms with Crippen molar-refractivity contribution in [2.24, 2.45) is 5.92 Å². The molecular formula is C37H54N2O7. The maximum absolute atomic E-state index is 13.0. The second-order valence-electron chi connectivity index (χ2n) is 12.0. The smallest absolute Gasteiger partial charge is 0.316 e. The highest BCUT2D eigenvalue weighted by atomic mass is 16.5. The van der Waals surface area contributed by atoms with Crippen molar-refractivity contribution in [1.29, 1.82) is 0 Å². The number of anilines is 2. The van der Waals surface area contributed by atoms with Crippen LogP contribution in [0.5, 0.6) is 5.75 Å². The van der Waals surface area contributed by atoms with Gasteiger partial charge in [-0.25, -0.2) is 0 Å². The van der Waals surface area contributed by atoms with Crippen molar-refractivity contribution < 1.29 is 34.1 Å². The Morgan fingerprint density at radius 3 is 1.87 bits per heavy atom. The fraction of sp³-hybridized carbons (Fsp3) is 0.568. The number of ether oxygens (including phenoxy) is 1. The first-order chi connectivity index (χ1) is 22.3. The van der Waals surface area contributed by atoms with Crippen molar-refractivity contribution in [3.63, 3.8) is 0 Å². The molecule has 0 aliphatic heterocycles. The lowest BCUT2D eigenvalue weighted by atomic mass is 9.98. The monoisotopic (exact) mass is 638 g/mol. The average molecular weight is 639 g/mol. The third-order valence-electron chi connectivity index (χ3n) is 7.97. The van der Waals surface area contributed by atoms with E-state index in [1.807, 2.05) is 6.07 Å². The van der Waals surface area contributed by atoms with E-state index in [4.69, 9.17) is 9.84 Å². The molecule has 0 bridgehead atoms. The van der Waals surface area contributed by atoms with Gasteiger partial charge in [0.1, 0.15) is 11.7 Å². The summed E-state index contributed by atoms with van der Waals surface area (Å²) >= 11 is 0. The van der Waals surface area contributed by atoms with Crippen molar-refractivity contribution in [1.82, 2.24) is 0 Å². The van der Waals surface area contributed by atoms with Gasteiger partial charge in [-0.1, -0.05) is 114 Å². The van der Waals surface area contributed by atoms with E-state index < -0.39 is 23.8 Å². The molecule has 46 heavy (non-hydrogen) atoms. The summed E-state index contributed by atoms with van der Waals surface area (Å²) in [5.41, 5.74) is 1.43. The number of carboxylic acid groups (broad SMARTS) is 2. The van der Waals surface area contributed by atoms with Gasteiger partial charge in [0, 0.05) is 18.5 Å². The normalized spacial score (nSPS) is 11.5. The Bertz CT molecular complexity index is 1190. The fourth-order valence-corrected chi connectivity index (χ4v) is 5.28. The number of amides is 2. The maximum atomic E-state index is 13.0. The third-order valence-corrected chi connectivity index (χ3v) is 7.97. The maximum Gasteiger partial charge on any atom is 0.316 e. The van der Waals surface area contributed by atoms with E-state index in [9.17, 15) is 24.3 Å². The largest absolute Gasteiger partial charge is 0.491 e. The topological polar surface area (TPSA) is 142 Å². The molecule has 1 atom stereocenters. The molecule has 1 unspecified atom stereocenters. The summed E-state index contributed by atoms with van der Waals surface area (Å²) in [4.78, 5) is 48.5. The second kappa shape index (κ2) is 23.5. The van der Waals surface area contributed by atoms with E-state index in [0.29, 0.717) is 36.4 Å². The Balaban J connectivity index is 1.88. The number of unbranched alkanes of at least 4 members (excludes halogenated alkanes) is 13. The molecule has 0 aliphatic carbocycles. The van der Waals surface area contributed by atoms with Gasteiger partial charge >= 0.3 is 11.9 Å². The van der Waals surface area contributed by atoms with Crippen LogP contribution in [-0.2, 0) is 25.6 Å². The number of hydrogen-bond donors (Lipinski definition) is 4. The molecule has 4 N–H and O–H groups in total. The summed E-state index contributed by atoms with van der Waals surface area (Å²) in [6.07, 6.45) is 17.3. The fourth-order valence-electron chi connectivity index (χ4n) is 5.28. The van der Waals surface area contributed by atoms with Gasteiger partial charge in [0.15, 0.2) is 0 Å². The summed E-state index contributed by atoms with van der Waals surface area (Å²) in [7, 11) is 0. The number of carbonyl (C=O) groups excluding carboxylic acids is 2. The second-order valence-corrected chi connectivity index (χ2v) is 12.0. The zero-order valence-electron chi connectivity index (χ0n) is 27.6. The highest BCUT2D eigenvalue weighted by Gasteiger charge is 2.27. The summed E-state index contributed by atoms with van der Waals surface area (Å²) in [6, 6.07) is 13.7. The number of rotatable bonds is 26. The van der Waals surface area contributed by atoms with E-state index in [1.54, 1.807) is 42.5 Å². The Kier molecular flexibility index (Phi) is 19.5. The van der Waals surface area contributed by atoms with Gasteiger partial charge in [-0.3, -0.25) is 19.2 Å². The molecule has 0 aliphatic rings. The van der Waals surface area contributed by atoms with Crippen molar-refractivity contribution >= 4 is 35.1 Å². The number of carboxylic acids is 2. The molecular weight excluding hydrogens is 584 g/mol. The molecule has 2 amide bonds. The Morgan fingerprint density at radius 1 is 0.696 bits per heavy atom. The predicted octanol–water partition coefficient (Wildman–Crippen LogP) is 8.62. The molecule has 0 heterocycles. The van der Waals surface area contributed by atoms with Crippen LogP contribution in [0.2, 0.25) is 0 Å². The number of aliphatic carboxylic acids is 2. The number of benzene rings is 2. The van der Waals surface area contributed by atoms with Gasteiger partial charge in [0.25, 0.3) is 0 Å². The SMILES string of the molecule is CCCCCCCCCCCCCCCC(=O)Nc1cc(NC(=O)C(Cc2ccccc2)C(=O)O)ccc1OCCCCC(=O)O. The highest BCUT2D eigenvalue weighted by Crippen LogP contribution is 2.29. The van der Waals surface area contributed by atoms with Crippen LogP contribution >= 0.6 is 0 Å². The van der Waals surface area contributed by atoms with Gasteiger partial charge in [-0.2, -0.15) is 0 Å². The number of nitrogens with one attached hydrogen (secondary N) is 2. The average Bonchev–Trinajstić information content (AvgIpc) is 3.03.